The fourth-order valence-corrected chi connectivity index (χ4v) is 4.16. The molecule has 0 aliphatic carbocycles. The first kappa shape index (κ1) is 20.2. The Kier molecular flexibility index (Phi) is 6.21. The maximum atomic E-state index is 12.8. The fraction of sp³-hybridized carbons (Fsp3) is 0.350. The zero-order valence-electron chi connectivity index (χ0n) is 16.0. The van der Waals surface area contributed by atoms with E-state index in [1.807, 2.05) is 36.4 Å². The Morgan fingerprint density at radius 3 is 2.54 bits per heavy atom. The standard InChI is InChI=1S/C20H25N3O4S/c1-27-17-11-9-15(10-12-17)21-19-8-4-3-7-18(19)20(24)22-16-6-5-13-23(14-16)28(2,25)26/h3-4,7-12,16,21H,5-6,13-14H2,1-2H3,(H,22,24). The second kappa shape index (κ2) is 8.62. The Hall–Kier alpha value is -2.58. The topological polar surface area (TPSA) is 87.7 Å². The van der Waals surface area contributed by atoms with Crippen LogP contribution in [-0.2, 0) is 10.0 Å². The molecule has 1 aliphatic rings. The lowest BCUT2D eigenvalue weighted by molar-refractivity contribution is 0.0922. The average Bonchev–Trinajstić information content (AvgIpc) is 2.68. The molecule has 0 radical (unpaired) electrons. The summed E-state index contributed by atoms with van der Waals surface area (Å²) in [6.45, 7) is 0.805. The summed E-state index contributed by atoms with van der Waals surface area (Å²) in [6.07, 6.45) is 2.68. The monoisotopic (exact) mass is 403 g/mol. The first-order chi connectivity index (χ1) is 13.4. The zero-order chi connectivity index (χ0) is 20.1. The molecule has 2 aromatic carbocycles. The molecule has 2 N–H and O–H groups in total. The molecule has 0 bridgehead atoms. The van der Waals surface area contributed by atoms with E-state index >= 15 is 0 Å². The summed E-state index contributed by atoms with van der Waals surface area (Å²) in [5.41, 5.74) is 2.03. The Morgan fingerprint density at radius 1 is 1.14 bits per heavy atom. The van der Waals surface area contributed by atoms with E-state index in [0.29, 0.717) is 24.3 Å². The van der Waals surface area contributed by atoms with Crippen LogP contribution in [0.1, 0.15) is 23.2 Å². The number of ether oxygens (including phenoxy) is 1. The van der Waals surface area contributed by atoms with Crippen molar-refractivity contribution >= 4 is 27.3 Å². The van der Waals surface area contributed by atoms with Gasteiger partial charge in [-0.3, -0.25) is 4.79 Å². The third-order valence-electron chi connectivity index (χ3n) is 4.73. The smallest absolute Gasteiger partial charge is 0.253 e. The van der Waals surface area contributed by atoms with Gasteiger partial charge in [0.2, 0.25) is 10.0 Å². The maximum absolute atomic E-state index is 12.8. The van der Waals surface area contributed by atoms with Crippen molar-refractivity contribution in [1.29, 1.82) is 0 Å². The number of nitrogens with one attached hydrogen (secondary N) is 2. The lowest BCUT2D eigenvalue weighted by Crippen LogP contribution is -2.49. The van der Waals surface area contributed by atoms with Crippen LogP contribution < -0.4 is 15.4 Å². The first-order valence-electron chi connectivity index (χ1n) is 9.13. The minimum Gasteiger partial charge on any atom is -0.497 e. The molecule has 1 unspecified atom stereocenters. The van der Waals surface area contributed by atoms with Crippen molar-refractivity contribution < 1.29 is 17.9 Å². The van der Waals surface area contributed by atoms with Crippen LogP contribution in [-0.4, -0.2) is 51.1 Å². The molecule has 1 saturated heterocycles. The number of methoxy groups -OCH3 is 1. The van der Waals surface area contributed by atoms with Crippen molar-refractivity contribution in [2.75, 3.05) is 31.8 Å². The summed E-state index contributed by atoms with van der Waals surface area (Å²) in [7, 11) is -1.65. The lowest BCUT2D eigenvalue weighted by Gasteiger charge is -2.31. The van der Waals surface area contributed by atoms with Crippen LogP contribution >= 0.6 is 0 Å². The molecule has 1 amide bonds. The Balaban J connectivity index is 1.71. The van der Waals surface area contributed by atoms with Crippen molar-refractivity contribution in [3.05, 3.63) is 54.1 Å². The number of benzene rings is 2. The van der Waals surface area contributed by atoms with Crippen LogP contribution in [0.3, 0.4) is 0 Å². The summed E-state index contributed by atoms with van der Waals surface area (Å²) in [5.74, 6) is 0.529. The van der Waals surface area contributed by atoms with E-state index in [1.165, 1.54) is 10.6 Å². The van der Waals surface area contributed by atoms with E-state index < -0.39 is 10.0 Å². The van der Waals surface area contributed by atoms with E-state index in [0.717, 1.165) is 24.3 Å². The van der Waals surface area contributed by atoms with Gasteiger partial charge in [-0.25, -0.2) is 12.7 Å². The highest BCUT2D eigenvalue weighted by Crippen LogP contribution is 2.23. The van der Waals surface area contributed by atoms with Gasteiger partial charge in [-0.1, -0.05) is 12.1 Å². The quantitative estimate of drug-likeness (QED) is 0.774. The van der Waals surface area contributed by atoms with Crippen LogP contribution in [0.5, 0.6) is 5.75 Å². The molecule has 1 atom stereocenters. The normalized spacial score (nSPS) is 17.7. The van der Waals surface area contributed by atoms with Crippen LogP contribution in [0.25, 0.3) is 0 Å². The number of carbonyl (C=O) groups is 1. The molecule has 3 rings (SSSR count). The van der Waals surface area contributed by atoms with Gasteiger partial charge >= 0.3 is 0 Å². The van der Waals surface area contributed by atoms with Gasteiger partial charge in [0.05, 0.1) is 24.6 Å². The van der Waals surface area contributed by atoms with Gasteiger partial charge in [0.1, 0.15) is 5.75 Å². The molecule has 0 aromatic heterocycles. The third-order valence-corrected chi connectivity index (χ3v) is 6.00. The molecule has 0 saturated carbocycles. The first-order valence-corrected chi connectivity index (χ1v) is 11.0. The summed E-state index contributed by atoms with van der Waals surface area (Å²) < 4.78 is 30.1. The number of piperidine rings is 1. The van der Waals surface area contributed by atoms with Gasteiger partial charge in [-0.05, 0) is 49.2 Å². The van der Waals surface area contributed by atoms with E-state index in [4.69, 9.17) is 4.74 Å². The van der Waals surface area contributed by atoms with Gasteiger partial charge in [0.15, 0.2) is 0 Å². The molecule has 7 nitrogen and oxygen atoms in total. The van der Waals surface area contributed by atoms with Crippen LogP contribution in [0.2, 0.25) is 0 Å². The SMILES string of the molecule is COc1ccc(Nc2ccccc2C(=O)NC2CCCN(S(C)(=O)=O)C2)cc1. The van der Waals surface area contributed by atoms with Crippen LogP contribution in [0, 0.1) is 0 Å². The van der Waals surface area contributed by atoms with Gasteiger partial charge in [-0.2, -0.15) is 0 Å². The van der Waals surface area contributed by atoms with Gasteiger partial charge in [0.25, 0.3) is 5.91 Å². The van der Waals surface area contributed by atoms with Gasteiger partial charge in [0, 0.05) is 24.8 Å². The Bertz CT molecular complexity index is 929. The average molecular weight is 404 g/mol. The Morgan fingerprint density at radius 2 is 1.86 bits per heavy atom. The van der Waals surface area contributed by atoms with Crippen molar-refractivity contribution in [2.24, 2.45) is 0 Å². The molecule has 0 spiro atoms. The Labute approximate surface area is 165 Å². The number of amides is 1. The van der Waals surface area contributed by atoms with Crippen molar-refractivity contribution in [1.82, 2.24) is 9.62 Å². The van der Waals surface area contributed by atoms with E-state index in [1.54, 1.807) is 19.2 Å². The van der Waals surface area contributed by atoms with Crippen LogP contribution in [0.15, 0.2) is 48.5 Å². The van der Waals surface area contributed by atoms with Crippen molar-refractivity contribution in [3.63, 3.8) is 0 Å². The molecule has 28 heavy (non-hydrogen) atoms. The number of carbonyl (C=O) groups excluding carboxylic acids is 1. The van der Waals surface area contributed by atoms with E-state index in [2.05, 4.69) is 10.6 Å². The molecule has 2 aromatic rings. The number of anilines is 2. The molecule has 1 heterocycles. The van der Waals surface area contributed by atoms with E-state index in [-0.39, 0.29) is 11.9 Å². The molecule has 1 fully saturated rings. The molecule has 1 aliphatic heterocycles. The second-order valence-electron chi connectivity index (χ2n) is 6.83. The molecule has 150 valence electrons. The van der Waals surface area contributed by atoms with E-state index in [9.17, 15) is 13.2 Å². The summed E-state index contributed by atoms with van der Waals surface area (Å²) in [6, 6.07) is 14.5. The van der Waals surface area contributed by atoms with Gasteiger partial charge < -0.3 is 15.4 Å². The summed E-state index contributed by atoms with van der Waals surface area (Å²) in [4.78, 5) is 12.8. The molecule has 8 heteroatoms. The number of para-hydroxylation sites is 1. The van der Waals surface area contributed by atoms with Gasteiger partial charge in [-0.15, -0.1) is 0 Å². The summed E-state index contributed by atoms with van der Waals surface area (Å²) >= 11 is 0. The zero-order valence-corrected chi connectivity index (χ0v) is 16.8. The number of hydrogen-bond donors (Lipinski definition) is 2. The number of hydrogen-bond acceptors (Lipinski definition) is 5. The highest BCUT2D eigenvalue weighted by molar-refractivity contribution is 7.88. The molecular formula is C20H25N3O4S. The highest BCUT2D eigenvalue weighted by Gasteiger charge is 2.27. The maximum Gasteiger partial charge on any atom is 0.253 e. The van der Waals surface area contributed by atoms with Crippen LogP contribution in [0.4, 0.5) is 11.4 Å². The predicted octanol–water partition coefficient (Wildman–Crippen LogP) is 2.59. The third kappa shape index (κ3) is 5.02. The minimum absolute atomic E-state index is 0.204. The van der Waals surface area contributed by atoms with Crippen molar-refractivity contribution in [2.45, 2.75) is 18.9 Å². The fourth-order valence-electron chi connectivity index (χ4n) is 3.24. The number of sulfonamides is 1. The number of nitrogens with zero attached hydrogens (tertiary/aromatic N) is 1. The largest absolute Gasteiger partial charge is 0.497 e. The lowest BCUT2D eigenvalue weighted by atomic mass is 10.1. The summed E-state index contributed by atoms with van der Waals surface area (Å²) in [5, 5.41) is 6.23. The van der Waals surface area contributed by atoms with Crippen molar-refractivity contribution in [3.8, 4) is 5.75 Å². The number of rotatable bonds is 6. The molecular weight excluding hydrogens is 378 g/mol. The minimum atomic E-state index is -3.25. The second-order valence-corrected chi connectivity index (χ2v) is 8.82. The predicted molar refractivity (Wildman–Crippen MR) is 110 cm³/mol. The highest BCUT2D eigenvalue weighted by atomic mass is 32.2.